The van der Waals surface area contributed by atoms with Gasteiger partial charge in [0.1, 0.15) is 22.7 Å². The van der Waals surface area contributed by atoms with E-state index in [1.165, 1.54) is 36.4 Å². The molecule has 3 fully saturated rings. The van der Waals surface area contributed by atoms with Gasteiger partial charge in [-0.2, -0.15) is 8.42 Å². The summed E-state index contributed by atoms with van der Waals surface area (Å²) in [4.78, 5) is 52.1. The third-order valence-corrected chi connectivity index (χ3v) is 10.4. The second kappa shape index (κ2) is 8.39. The van der Waals surface area contributed by atoms with Crippen molar-refractivity contribution in [2.45, 2.75) is 43.4 Å². The Morgan fingerprint density at radius 3 is 2.57 bits per heavy atom. The lowest BCUT2D eigenvalue weighted by molar-refractivity contribution is -0.161. The number of carbonyl (C=O) groups is 4. The van der Waals surface area contributed by atoms with Gasteiger partial charge in [0.25, 0.3) is 10.1 Å². The largest absolute Gasteiger partial charge is 0.447 e. The van der Waals surface area contributed by atoms with Gasteiger partial charge in [0.05, 0.1) is 10.3 Å². The highest BCUT2D eigenvalue weighted by atomic mass is 32.2. The van der Waals surface area contributed by atoms with Crippen molar-refractivity contribution >= 4 is 55.7 Å². The number of esters is 3. The molecule has 5 bridgehead atoms. The number of rotatable bonds is 5. The lowest BCUT2D eigenvalue weighted by Gasteiger charge is -2.52. The summed E-state index contributed by atoms with van der Waals surface area (Å²) in [6, 6.07) is 8.37. The number of hydrogen-bond donors (Lipinski definition) is 1. The SMILES string of the molecule is O=C1Oc2c(OC(=O)C34CCC5CC(=O)C(CC5C3)C4)c3oc2c1c3C(=O)Oc1ccc2cc(S(=O)(=O)O)ccc2c1. The van der Waals surface area contributed by atoms with Crippen LogP contribution in [0.4, 0.5) is 0 Å². The van der Waals surface area contributed by atoms with Crippen LogP contribution in [-0.4, -0.2) is 36.7 Å². The van der Waals surface area contributed by atoms with E-state index < -0.39 is 33.4 Å². The molecule has 0 spiro atoms. The molecule has 4 aliphatic rings. The third-order valence-electron chi connectivity index (χ3n) is 9.51. The van der Waals surface area contributed by atoms with Gasteiger partial charge in [0, 0.05) is 12.3 Å². The molecular weight excluding hydrogens is 568 g/mol. The van der Waals surface area contributed by atoms with Gasteiger partial charge in [-0.3, -0.25) is 14.1 Å². The van der Waals surface area contributed by atoms with E-state index >= 15 is 0 Å². The standard InChI is InChI=1S/C30H22O11S/c31-20-10-15-5-6-30(11-16(15)7-17(20)12-30)29(34)41-26-24-21(22-23(39-24)25(26)40-28(22)33)27(32)38-18-3-1-14-9-19(42(35,36)37)4-2-13(14)8-18/h1-4,8-9,15-17H,5-7,10-12H2,(H,35,36,37). The van der Waals surface area contributed by atoms with Crippen molar-refractivity contribution in [2.75, 3.05) is 0 Å². The van der Waals surface area contributed by atoms with E-state index in [1.54, 1.807) is 0 Å². The zero-order valence-electron chi connectivity index (χ0n) is 21.9. The average molecular weight is 591 g/mol. The van der Waals surface area contributed by atoms with Crippen molar-refractivity contribution in [3.63, 3.8) is 0 Å². The van der Waals surface area contributed by atoms with Gasteiger partial charge >= 0.3 is 17.9 Å². The van der Waals surface area contributed by atoms with Crippen LogP contribution in [0.25, 0.3) is 21.9 Å². The second-order valence-corrected chi connectivity index (χ2v) is 13.3. The minimum absolute atomic E-state index is 0.00194. The van der Waals surface area contributed by atoms with Crippen LogP contribution in [0.1, 0.15) is 59.2 Å². The monoisotopic (exact) mass is 590 g/mol. The predicted molar refractivity (Wildman–Crippen MR) is 142 cm³/mol. The molecule has 0 radical (unpaired) electrons. The summed E-state index contributed by atoms with van der Waals surface area (Å²) in [6.07, 6.45) is 3.83. The molecule has 0 amide bonds. The summed E-state index contributed by atoms with van der Waals surface area (Å²) in [5.41, 5.74) is -1.29. The van der Waals surface area contributed by atoms with E-state index in [2.05, 4.69) is 0 Å². The highest BCUT2D eigenvalue weighted by Crippen LogP contribution is 2.59. The van der Waals surface area contributed by atoms with Gasteiger partial charge in [0.2, 0.25) is 11.5 Å². The van der Waals surface area contributed by atoms with E-state index in [0.29, 0.717) is 48.3 Å². The smallest absolute Gasteiger partial charge is 0.348 e. The number of furan rings is 2. The number of hydrogen-bond acceptors (Lipinski definition) is 10. The van der Waals surface area contributed by atoms with Crippen LogP contribution < -0.4 is 14.2 Å². The van der Waals surface area contributed by atoms with E-state index in [0.717, 1.165) is 12.8 Å². The maximum Gasteiger partial charge on any atom is 0.348 e. The zero-order valence-corrected chi connectivity index (χ0v) is 22.7. The van der Waals surface area contributed by atoms with Gasteiger partial charge in [0.15, 0.2) is 11.2 Å². The molecule has 3 heterocycles. The highest BCUT2D eigenvalue weighted by Gasteiger charge is 2.56. The van der Waals surface area contributed by atoms with Gasteiger partial charge in [-0.05, 0) is 79.0 Å². The quantitative estimate of drug-likeness (QED) is 0.194. The first-order chi connectivity index (χ1) is 20.0. The maximum absolute atomic E-state index is 13.7. The molecule has 2 aromatic carbocycles. The Kier molecular flexibility index (Phi) is 5.08. The van der Waals surface area contributed by atoms with Crippen LogP contribution in [-0.2, 0) is 19.7 Å². The van der Waals surface area contributed by atoms with Crippen molar-refractivity contribution in [3.05, 3.63) is 47.5 Å². The summed E-state index contributed by atoms with van der Waals surface area (Å²) in [7, 11) is -4.39. The Morgan fingerprint density at radius 2 is 1.76 bits per heavy atom. The topological polar surface area (TPSA) is 163 Å². The van der Waals surface area contributed by atoms with E-state index in [1.807, 2.05) is 0 Å². The minimum Gasteiger partial charge on any atom is -0.447 e. The third kappa shape index (κ3) is 3.57. The van der Waals surface area contributed by atoms with E-state index in [9.17, 15) is 32.1 Å². The van der Waals surface area contributed by atoms with Crippen LogP contribution in [0.5, 0.6) is 17.2 Å². The van der Waals surface area contributed by atoms with Gasteiger partial charge < -0.3 is 18.6 Å². The number of fused-ring (bicyclic) bond motifs is 4. The Balaban J connectivity index is 1.10. The first-order valence-corrected chi connectivity index (χ1v) is 15.1. The van der Waals surface area contributed by atoms with E-state index in [4.69, 9.17) is 18.6 Å². The molecule has 0 saturated heterocycles. The molecule has 2 aromatic heterocycles. The molecule has 1 N–H and O–H groups in total. The number of carbonyl (C=O) groups excluding carboxylic acids is 4. The van der Waals surface area contributed by atoms with Crippen LogP contribution in [0.3, 0.4) is 0 Å². The summed E-state index contributed by atoms with van der Waals surface area (Å²) >= 11 is 0. The first kappa shape index (κ1) is 25.4. The van der Waals surface area contributed by atoms with Gasteiger partial charge in [-0.15, -0.1) is 0 Å². The number of Topliss-reactive ketones (excluding diaryl/α,β-unsaturated/α-hetero) is 1. The zero-order chi connectivity index (χ0) is 29.1. The molecule has 1 aliphatic heterocycles. The molecule has 42 heavy (non-hydrogen) atoms. The summed E-state index contributed by atoms with van der Waals surface area (Å²) < 4.78 is 54.6. The Bertz CT molecular complexity index is 2000. The van der Waals surface area contributed by atoms with Crippen LogP contribution in [0.2, 0.25) is 0 Å². The fourth-order valence-corrected chi connectivity index (χ4v) is 8.03. The molecule has 8 rings (SSSR count). The maximum atomic E-state index is 13.7. The van der Waals surface area contributed by atoms with Crippen molar-refractivity contribution in [1.82, 2.24) is 0 Å². The predicted octanol–water partition coefficient (Wildman–Crippen LogP) is 4.71. The molecule has 4 atom stereocenters. The summed E-state index contributed by atoms with van der Waals surface area (Å²) in [6.45, 7) is 0. The molecule has 11 nitrogen and oxygen atoms in total. The van der Waals surface area contributed by atoms with Crippen LogP contribution in [0.15, 0.2) is 45.7 Å². The lowest BCUT2D eigenvalue weighted by atomic mass is 9.51. The first-order valence-electron chi connectivity index (χ1n) is 13.6. The van der Waals surface area contributed by atoms with Crippen molar-refractivity contribution in [1.29, 1.82) is 0 Å². The lowest BCUT2D eigenvalue weighted by Crippen LogP contribution is -2.52. The van der Waals surface area contributed by atoms with Gasteiger partial charge in [-0.1, -0.05) is 12.1 Å². The summed E-state index contributed by atoms with van der Waals surface area (Å²) in [5, 5.41) is 1.00. The minimum atomic E-state index is -4.39. The number of ketones is 1. The number of ether oxygens (including phenoxy) is 3. The molecular formula is C30H22O11S. The van der Waals surface area contributed by atoms with E-state index in [-0.39, 0.29) is 56.1 Å². The fraction of sp³-hybridized carbons (Fsp3) is 0.333. The Morgan fingerprint density at radius 1 is 0.976 bits per heavy atom. The normalized spacial score (nSPS) is 26.2. The summed E-state index contributed by atoms with van der Waals surface area (Å²) in [5.74, 6) is -1.75. The molecule has 3 aliphatic carbocycles. The van der Waals surface area contributed by atoms with Gasteiger partial charge in [-0.25, -0.2) is 9.59 Å². The second-order valence-electron chi connectivity index (χ2n) is 11.8. The van der Waals surface area contributed by atoms with Crippen LogP contribution >= 0.6 is 0 Å². The average Bonchev–Trinajstić information content (AvgIpc) is 3.57. The Labute approximate surface area is 237 Å². The molecule has 12 heteroatoms. The fourth-order valence-electron chi connectivity index (χ4n) is 7.52. The van der Waals surface area contributed by atoms with Crippen molar-refractivity contribution in [2.24, 2.45) is 23.2 Å². The van der Waals surface area contributed by atoms with Crippen molar-refractivity contribution < 1.29 is 50.8 Å². The molecule has 4 unspecified atom stereocenters. The number of benzene rings is 3. The Hall–Kier alpha value is -4.29. The molecule has 214 valence electrons. The van der Waals surface area contributed by atoms with Crippen molar-refractivity contribution in [3.8, 4) is 17.2 Å². The highest BCUT2D eigenvalue weighted by molar-refractivity contribution is 7.85. The molecule has 3 saturated carbocycles. The van der Waals surface area contributed by atoms with Crippen LogP contribution in [0, 0.1) is 23.2 Å². The molecule has 4 aromatic rings.